The van der Waals surface area contributed by atoms with Crippen molar-refractivity contribution in [3.8, 4) is 0 Å². The summed E-state index contributed by atoms with van der Waals surface area (Å²) in [5.74, 6) is -0.367. The van der Waals surface area contributed by atoms with Crippen LogP contribution in [0, 0.1) is 0 Å². The fourth-order valence-electron chi connectivity index (χ4n) is 2.00. The van der Waals surface area contributed by atoms with Crippen LogP contribution in [-0.4, -0.2) is 23.7 Å². The minimum Gasteiger partial charge on any atom is -0.376 e. The summed E-state index contributed by atoms with van der Waals surface area (Å²) in [5.41, 5.74) is -0.361. The van der Waals surface area contributed by atoms with E-state index < -0.39 is 5.60 Å². The first-order valence-electron chi connectivity index (χ1n) is 5.59. The van der Waals surface area contributed by atoms with Crippen LogP contribution < -0.4 is 10.6 Å². The van der Waals surface area contributed by atoms with Gasteiger partial charge in [-0.25, -0.2) is 0 Å². The largest absolute Gasteiger partial charge is 0.376 e. The predicted molar refractivity (Wildman–Crippen MR) is 65.1 cm³/mol. The lowest BCUT2D eigenvalue weighted by Gasteiger charge is -2.25. The highest BCUT2D eigenvalue weighted by atomic mass is 16.3. The van der Waals surface area contributed by atoms with E-state index in [1.165, 1.54) is 12.3 Å². The Morgan fingerprint density at radius 2 is 2.12 bits per heavy atom. The zero-order valence-electron chi connectivity index (χ0n) is 9.68. The third-order valence-corrected chi connectivity index (χ3v) is 3.03. The minimum absolute atomic E-state index is 0.0605. The van der Waals surface area contributed by atoms with Gasteiger partial charge in [0.25, 0.3) is 5.91 Å². The Bertz CT molecular complexity index is 430. The molecule has 0 aromatic heterocycles. The summed E-state index contributed by atoms with van der Waals surface area (Å²) in [7, 11) is 1.82. The number of carbonyl (C=O) groups excluding carboxylic acids is 1. The molecule has 0 saturated carbocycles. The van der Waals surface area contributed by atoms with Gasteiger partial charge in [0.15, 0.2) is 5.60 Å². The third-order valence-electron chi connectivity index (χ3n) is 3.03. The normalized spacial score (nSPS) is 24.7. The van der Waals surface area contributed by atoms with Gasteiger partial charge < -0.3 is 15.7 Å². The predicted octanol–water partition coefficient (Wildman–Crippen LogP) is 0.712. The summed E-state index contributed by atoms with van der Waals surface area (Å²) in [5, 5.41) is 15.8. The van der Waals surface area contributed by atoms with Gasteiger partial charge in [-0.05, 0) is 18.7 Å². The highest BCUT2D eigenvalue weighted by Crippen LogP contribution is 2.27. The van der Waals surface area contributed by atoms with Gasteiger partial charge in [-0.3, -0.25) is 4.79 Å². The van der Waals surface area contributed by atoms with Crippen LogP contribution in [0.1, 0.15) is 18.0 Å². The van der Waals surface area contributed by atoms with Crippen molar-refractivity contribution in [2.75, 3.05) is 7.05 Å². The molecule has 3 N–H and O–H groups in total. The minimum atomic E-state index is -1.41. The average Bonchev–Trinajstić information content (AvgIpc) is 2.68. The topological polar surface area (TPSA) is 61.4 Å². The van der Waals surface area contributed by atoms with E-state index in [1.807, 2.05) is 37.4 Å². The second-order valence-electron chi connectivity index (χ2n) is 4.19. The molecule has 1 heterocycles. The molecule has 17 heavy (non-hydrogen) atoms. The molecule has 1 amide bonds. The van der Waals surface area contributed by atoms with Crippen molar-refractivity contribution >= 4 is 5.91 Å². The van der Waals surface area contributed by atoms with Crippen molar-refractivity contribution in [1.82, 2.24) is 10.6 Å². The van der Waals surface area contributed by atoms with Gasteiger partial charge in [0.05, 0.1) is 0 Å². The molecule has 0 aliphatic carbocycles. The Kier molecular flexibility index (Phi) is 3.26. The number of nitrogens with one attached hydrogen (secondary N) is 2. The van der Waals surface area contributed by atoms with Gasteiger partial charge in [-0.15, -0.1) is 0 Å². The first kappa shape index (κ1) is 11.8. The van der Waals surface area contributed by atoms with Gasteiger partial charge in [0, 0.05) is 18.7 Å². The standard InChI is InChI=1S/C13H16N2O2/c1-14-11(10-5-3-2-4-6-10)9-13(17)7-8-15-12(13)16/h2-8,11,14,17H,9H2,1H3,(H,15,16)/t11-,13?/m1/s1. The molecule has 0 fully saturated rings. The van der Waals surface area contributed by atoms with E-state index in [0.29, 0.717) is 6.42 Å². The summed E-state index contributed by atoms with van der Waals surface area (Å²) in [6.07, 6.45) is 3.30. The monoisotopic (exact) mass is 232 g/mol. The number of hydrogen-bond donors (Lipinski definition) is 3. The SMILES string of the molecule is CN[C@H](CC1(O)C=CNC1=O)c1ccccc1. The number of hydrogen-bond acceptors (Lipinski definition) is 3. The van der Waals surface area contributed by atoms with Crippen LogP contribution >= 0.6 is 0 Å². The molecule has 2 atom stereocenters. The van der Waals surface area contributed by atoms with E-state index in [1.54, 1.807) is 0 Å². The number of amides is 1. The Morgan fingerprint density at radius 1 is 1.41 bits per heavy atom. The van der Waals surface area contributed by atoms with E-state index in [4.69, 9.17) is 0 Å². The van der Waals surface area contributed by atoms with Crippen molar-refractivity contribution in [3.63, 3.8) is 0 Å². The molecule has 1 aromatic carbocycles. The fraction of sp³-hybridized carbons (Fsp3) is 0.308. The van der Waals surface area contributed by atoms with E-state index >= 15 is 0 Å². The van der Waals surface area contributed by atoms with Crippen molar-refractivity contribution in [3.05, 3.63) is 48.2 Å². The Balaban J connectivity index is 2.16. The quantitative estimate of drug-likeness (QED) is 0.716. The van der Waals surface area contributed by atoms with Crippen LogP contribution in [0.2, 0.25) is 0 Å². The lowest BCUT2D eigenvalue weighted by molar-refractivity contribution is -0.133. The van der Waals surface area contributed by atoms with E-state index in [0.717, 1.165) is 5.56 Å². The smallest absolute Gasteiger partial charge is 0.260 e. The van der Waals surface area contributed by atoms with Gasteiger partial charge in [0.1, 0.15) is 0 Å². The summed E-state index contributed by atoms with van der Waals surface area (Å²) in [6, 6.07) is 9.70. The summed E-state index contributed by atoms with van der Waals surface area (Å²) < 4.78 is 0. The van der Waals surface area contributed by atoms with E-state index in [2.05, 4.69) is 10.6 Å². The second kappa shape index (κ2) is 4.69. The molecule has 4 nitrogen and oxygen atoms in total. The molecule has 0 saturated heterocycles. The molecule has 1 unspecified atom stereocenters. The van der Waals surface area contributed by atoms with Gasteiger partial charge in [-0.1, -0.05) is 30.3 Å². The summed E-state index contributed by atoms with van der Waals surface area (Å²) in [4.78, 5) is 11.5. The van der Waals surface area contributed by atoms with Crippen molar-refractivity contribution in [2.45, 2.75) is 18.1 Å². The van der Waals surface area contributed by atoms with E-state index in [-0.39, 0.29) is 11.9 Å². The van der Waals surface area contributed by atoms with Crippen molar-refractivity contribution < 1.29 is 9.90 Å². The van der Waals surface area contributed by atoms with Crippen molar-refractivity contribution in [1.29, 1.82) is 0 Å². The first-order valence-corrected chi connectivity index (χ1v) is 5.59. The second-order valence-corrected chi connectivity index (χ2v) is 4.19. The maximum absolute atomic E-state index is 11.5. The molecule has 0 bridgehead atoms. The van der Waals surface area contributed by atoms with Crippen molar-refractivity contribution in [2.24, 2.45) is 0 Å². The Labute approximate surface area is 100 Å². The molecule has 0 spiro atoms. The average molecular weight is 232 g/mol. The molecule has 90 valence electrons. The van der Waals surface area contributed by atoms with Crippen LogP contribution in [0.25, 0.3) is 0 Å². The first-order chi connectivity index (χ1) is 8.15. The van der Waals surface area contributed by atoms with Crippen LogP contribution in [0.4, 0.5) is 0 Å². The molecule has 1 aliphatic rings. The highest BCUT2D eigenvalue weighted by Gasteiger charge is 2.38. The Morgan fingerprint density at radius 3 is 2.65 bits per heavy atom. The highest BCUT2D eigenvalue weighted by molar-refractivity contribution is 5.90. The maximum atomic E-state index is 11.5. The molecule has 1 aliphatic heterocycles. The van der Waals surface area contributed by atoms with Crippen LogP contribution in [-0.2, 0) is 4.79 Å². The number of rotatable bonds is 4. The summed E-state index contributed by atoms with van der Waals surface area (Å²) >= 11 is 0. The maximum Gasteiger partial charge on any atom is 0.260 e. The number of benzene rings is 1. The molecular formula is C13H16N2O2. The molecule has 0 radical (unpaired) electrons. The van der Waals surface area contributed by atoms with Gasteiger partial charge in [-0.2, -0.15) is 0 Å². The van der Waals surface area contributed by atoms with Crippen LogP contribution in [0.5, 0.6) is 0 Å². The molecule has 2 rings (SSSR count). The third kappa shape index (κ3) is 2.38. The van der Waals surface area contributed by atoms with E-state index in [9.17, 15) is 9.90 Å². The zero-order valence-corrected chi connectivity index (χ0v) is 9.68. The number of aliphatic hydroxyl groups is 1. The lowest BCUT2D eigenvalue weighted by Crippen LogP contribution is -2.41. The van der Waals surface area contributed by atoms with Crippen LogP contribution in [0.15, 0.2) is 42.6 Å². The van der Waals surface area contributed by atoms with Crippen LogP contribution in [0.3, 0.4) is 0 Å². The molecule has 4 heteroatoms. The summed E-state index contributed by atoms with van der Waals surface area (Å²) in [6.45, 7) is 0. The Hall–Kier alpha value is -1.65. The van der Waals surface area contributed by atoms with Gasteiger partial charge >= 0.3 is 0 Å². The lowest BCUT2D eigenvalue weighted by atomic mass is 9.91. The zero-order chi connectivity index (χ0) is 12.3. The molecule has 1 aromatic rings. The molecular weight excluding hydrogens is 216 g/mol. The van der Waals surface area contributed by atoms with Gasteiger partial charge in [0.2, 0.25) is 0 Å². The fourth-order valence-corrected chi connectivity index (χ4v) is 2.00. The number of carbonyl (C=O) groups is 1.